The van der Waals surface area contributed by atoms with E-state index in [4.69, 9.17) is 16.1 Å². The summed E-state index contributed by atoms with van der Waals surface area (Å²) in [4.78, 5) is 9.18. The Bertz CT molecular complexity index is 1250. The Kier molecular flexibility index (Phi) is 9.73. The van der Waals surface area contributed by atoms with Crippen LogP contribution in [0.25, 0.3) is 5.70 Å². The van der Waals surface area contributed by atoms with Crippen molar-refractivity contribution in [2.45, 2.75) is 71.1 Å². The van der Waals surface area contributed by atoms with Crippen LogP contribution in [0, 0.1) is 5.41 Å². The largest absolute Gasteiger partial charge is 0.385 e. The number of anilines is 5. The number of para-hydroxylation sites is 1. The molecule has 0 radical (unpaired) electrons. The van der Waals surface area contributed by atoms with Crippen molar-refractivity contribution in [2.24, 2.45) is 0 Å². The first kappa shape index (κ1) is 27.2. The SMILES string of the molecule is C=C(NCC)c1ccccc1Nc1nc(Nc2ccc3c(c2)CCCCCCCCCC3)nc(N)c1C=N. The lowest BCUT2D eigenvalue weighted by atomic mass is 9.94. The zero-order valence-electron chi connectivity index (χ0n) is 22.6. The van der Waals surface area contributed by atoms with Gasteiger partial charge in [-0.05, 0) is 61.9 Å². The number of nitrogens with two attached hydrogens (primary N) is 1. The molecule has 0 amide bonds. The van der Waals surface area contributed by atoms with Crippen molar-refractivity contribution in [3.8, 4) is 0 Å². The van der Waals surface area contributed by atoms with Crippen LogP contribution in [0.4, 0.5) is 29.0 Å². The minimum Gasteiger partial charge on any atom is -0.385 e. The van der Waals surface area contributed by atoms with E-state index >= 15 is 0 Å². The molecule has 6 N–H and O–H groups in total. The zero-order valence-corrected chi connectivity index (χ0v) is 22.6. The summed E-state index contributed by atoms with van der Waals surface area (Å²) < 4.78 is 0. The van der Waals surface area contributed by atoms with Gasteiger partial charge >= 0.3 is 0 Å². The molecular weight excluding hydrogens is 470 g/mol. The molecule has 0 saturated carbocycles. The topological polar surface area (TPSA) is 112 Å². The van der Waals surface area contributed by atoms with E-state index in [0.29, 0.717) is 17.3 Å². The predicted molar refractivity (Wildman–Crippen MR) is 161 cm³/mol. The predicted octanol–water partition coefficient (Wildman–Crippen LogP) is 7.34. The summed E-state index contributed by atoms with van der Waals surface area (Å²) in [5, 5.41) is 17.9. The van der Waals surface area contributed by atoms with Crippen molar-refractivity contribution >= 4 is 40.9 Å². The molecule has 0 aliphatic heterocycles. The summed E-state index contributed by atoms with van der Waals surface area (Å²) in [6.07, 6.45) is 13.9. The number of hydrogen-bond donors (Lipinski definition) is 5. The number of rotatable bonds is 8. The van der Waals surface area contributed by atoms with E-state index in [1.807, 2.05) is 31.2 Å². The molecule has 0 saturated heterocycles. The normalized spacial score (nSPS) is 14.3. The smallest absolute Gasteiger partial charge is 0.231 e. The second kappa shape index (κ2) is 13.6. The Morgan fingerprint density at radius 1 is 0.921 bits per heavy atom. The van der Waals surface area contributed by atoms with Crippen LogP contribution in [-0.2, 0) is 12.8 Å². The summed E-state index contributed by atoms with van der Waals surface area (Å²) in [6, 6.07) is 14.5. The number of hydrogen-bond acceptors (Lipinski definition) is 7. The highest BCUT2D eigenvalue weighted by Gasteiger charge is 2.15. The molecule has 0 unspecified atom stereocenters. The van der Waals surface area contributed by atoms with Crippen molar-refractivity contribution < 1.29 is 0 Å². The van der Waals surface area contributed by atoms with Crippen LogP contribution in [0.2, 0.25) is 0 Å². The molecule has 0 fully saturated rings. The maximum atomic E-state index is 7.92. The fraction of sp³-hybridized carbons (Fsp3) is 0.387. The van der Waals surface area contributed by atoms with Crippen molar-refractivity contribution in [3.63, 3.8) is 0 Å². The number of nitrogens with zero attached hydrogens (tertiary/aromatic N) is 2. The number of nitrogen functional groups attached to an aromatic ring is 1. The van der Waals surface area contributed by atoms with Crippen LogP contribution >= 0.6 is 0 Å². The Hall–Kier alpha value is -3.87. The van der Waals surface area contributed by atoms with E-state index in [9.17, 15) is 0 Å². The number of aromatic nitrogens is 2. The van der Waals surface area contributed by atoms with E-state index in [-0.39, 0.29) is 5.82 Å². The fourth-order valence-corrected chi connectivity index (χ4v) is 5.07. The summed E-state index contributed by atoms with van der Waals surface area (Å²) in [7, 11) is 0. The first-order valence-electron chi connectivity index (χ1n) is 13.9. The summed E-state index contributed by atoms with van der Waals surface area (Å²) in [6.45, 7) is 6.96. The molecule has 2 aromatic carbocycles. The lowest BCUT2D eigenvalue weighted by molar-refractivity contribution is 0.560. The molecule has 0 bridgehead atoms. The third-order valence-corrected chi connectivity index (χ3v) is 7.12. The highest BCUT2D eigenvalue weighted by atomic mass is 15.2. The van der Waals surface area contributed by atoms with Gasteiger partial charge in [-0.1, -0.05) is 69.4 Å². The molecule has 3 aromatic rings. The first-order chi connectivity index (χ1) is 18.6. The first-order valence-corrected chi connectivity index (χ1v) is 13.9. The molecule has 0 spiro atoms. The summed E-state index contributed by atoms with van der Waals surface area (Å²) in [5.74, 6) is 1.11. The van der Waals surface area contributed by atoms with E-state index in [0.717, 1.165) is 42.0 Å². The van der Waals surface area contributed by atoms with Crippen LogP contribution in [0.3, 0.4) is 0 Å². The monoisotopic (exact) mass is 511 g/mol. The second-order valence-corrected chi connectivity index (χ2v) is 9.96. The van der Waals surface area contributed by atoms with Crippen molar-refractivity contribution in [1.82, 2.24) is 15.3 Å². The van der Waals surface area contributed by atoms with E-state index in [1.54, 1.807) is 0 Å². The minimum atomic E-state index is 0.245. The van der Waals surface area contributed by atoms with Gasteiger partial charge in [0, 0.05) is 35.4 Å². The van der Waals surface area contributed by atoms with Gasteiger partial charge in [-0.15, -0.1) is 0 Å². The van der Waals surface area contributed by atoms with Crippen LogP contribution in [0.15, 0.2) is 49.0 Å². The van der Waals surface area contributed by atoms with Gasteiger partial charge in [-0.2, -0.15) is 9.97 Å². The number of aryl methyl sites for hydroxylation is 2. The second-order valence-electron chi connectivity index (χ2n) is 9.96. The summed E-state index contributed by atoms with van der Waals surface area (Å²) >= 11 is 0. The third kappa shape index (κ3) is 7.12. The molecule has 7 heteroatoms. The number of benzene rings is 2. The van der Waals surface area contributed by atoms with Gasteiger partial charge in [0.25, 0.3) is 0 Å². The van der Waals surface area contributed by atoms with Gasteiger partial charge in [0.1, 0.15) is 11.6 Å². The summed E-state index contributed by atoms with van der Waals surface area (Å²) in [5.41, 5.74) is 13.1. The van der Waals surface area contributed by atoms with Gasteiger partial charge in [-0.25, -0.2) is 0 Å². The van der Waals surface area contributed by atoms with E-state index in [1.165, 1.54) is 68.7 Å². The average Bonchev–Trinajstić information content (AvgIpc) is 2.90. The van der Waals surface area contributed by atoms with Crippen LogP contribution in [0.1, 0.15) is 80.5 Å². The van der Waals surface area contributed by atoms with Crippen molar-refractivity contribution in [2.75, 3.05) is 22.9 Å². The van der Waals surface area contributed by atoms with Crippen LogP contribution in [0.5, 0.6) is 0 Å². The molecular formula is C31H41N7. The maximum Gasteiger partial charge on any atom is 0.231 e. The van der Waals surface area contributed by atoms with Gasteiger partial charge in [-0.3, -0.25) is 0 Å². The van der Waals surface area contributed by atoms with Crippen LogP contribution < -0.4 is 21.7 Å². The molecule has 0 atom stereocenters. The van der Waals surface area contributed by atoms with Crippen molar-refractivity contribution in [1.29, 1.82) is 5.41 Å². The number of nitrogens with one attached hydrogen (secondary N) is 4. The third-order valence-electron chi connectivity index (χ3n) is 7.12. The van der Waals surface area contributed by atoms with Crippen molar-refractivity contribution in [3.05, 3.63) is 71.3 Å². The van der Waals surface area contributed by atoms with Gasteiger partial charge in [0.05, 0.1) is 5.56 Å². The standard InChI is InChI=1S/C31H41N7/c1-3-34-22(2)26-16-12-13-17-28(26)36-30-27(21-32)29(33)37-31(38-30)35-25-19-18-23-14-10-8-6-4-5-7-9-11-15-24(23)20-25/h12-13,16-21,32,34H,2-11,14-15H2,1H3,(H4,33,35,36,37,38). The highest BCUT2D eigenvalue weighted by Crippen LogP contribution is 2.29. The molecule has 1 aromatic heterocycles. The lowest BCUT2D eigenvalue weighted by Gasteiger charge is -2.17. The number of fused-ring (bicyclic) bond motifs is 1. The minimum absolute atomic E-state index is 0.245. The van der Waals surface area contributed by atoms with Gasteiger partial charge in [0.2, 0.25) is 5.95 Å². The lowest BCUT2D eigenvalue weighted by Crippen LogP contribution is -2.12. The Morgan fingerprint density at radius 3 is 2.32 bits per heavy atom. The van der Waals surface area contributed by atoms with E-state index < -0.39 is 0 Å². The molecule has 1 heterocycles. The fourth-order valence-electron chi connectivity index (χ4n) is 5.07. The molecule has 1 aliphatic carbocycles. The Labute approximate surface area is 226 Å². The zero-order chi connectivity index (χ0) is 26.7. The molecule has 7 nitrogen and oxygen atoms in total. The Morgan fingerprint density at radius 2 is 1.61 bits per heavy atom. The quantitative estimate of drug-likeness (QED) is 0.202. The molecule has 200 valence electrons. The van der Waals surface area contributed by atoms with Gasteiger partial charge < -0.3 is 27.1 Å². The Balaban J connectivity index is 1.59. The highest BCUT2D eigenvalue weighted by molar-refractivity contribution is 5.92. The van der Waals surface area contributed by atoms with E-state index in [2.05, 4.69) is 45.7 Å². The van der Waals surface area contributed by atoms with Gasteiger partial charge in [0.15, 0.2) is 0 Å². The average molecular weight is 512 g/mol. The maximum absolute atomic E-state index is 7.92. The molecule has 1 aliphatic rings. The molecule has 4 rings (SSSR count). The molecule has 38 heavy (non-hydrogen) atoms. The van der Waals surface area contributed by atoms with Crippen LogP contribution in [-0.4, -0.2) is 22.7 Å².